The maximum absolute atomic E-state index is 10.7. The molecule has 0 radical (unpaired) electrons. The molecule has 0 atom stereocenters. The maximum atomic E-state index is 10.7. The Morgan fingerprint density at radius 2 is 2.16 bits per heavy atom. The molecule has 19 heavy (non-hydrogen) atoms. The second-order valence-electron chi connectivity index (χ2n) is 4.81. The van der Waals surface area contributed by atoms with Crippen LogP contribution in [-0.4, -0.2) is 30.5 Å². The standard InChI is InChI=1S/C13H17NO4S/c15-14(16)11-2-1-3-12(8-11)18-9-13(10-19)4-6-17-7-5-13/h1-3,8,19H,4-7,9-10H2. The monoisotopic (exact) mass is 283 g/mol. The molecule has 1 aromatic rings. The summed E-state index contributed by atoms with van der Waals surface area (Å²) >= 11 is 4.40. The van der Waals surface area contributed by atoms with Crippen molar-refractivity contribution in [3.05, 3.63) is 34.4 Å². The molecule has 1 aliphatic heterocycles. The van der Waals surface area contributed by atoms with Gasteiger partial charge in [0.15, 0.2) is 0 Å². The van der Waals surface area contributed by atoms with Gasteiger partial charge >= 0.3 is 0 Å². The number of rotatable bonds is 5. The van der Waals surface area contributed by atoms with Crippen molar-refractivity contribution in [2.75, 3.05) is 25.6 Å². The van der Waals surface area contributed by atoms with Gasteiger partial charge in [0.05, 0.1) is 17.6 Å². The SMILES string of the molecule is O=[N+]([O-])c1cccc(OCC2(CS)CCOCC2)c1. The van der Waals surface area contributed by atoms with Gasteiger partial charge in [-0.05, 0) is 24.7 Å². The van der Waals surface area contributed by atoms with Crippen LogP contribution in [0, 0.1) is 15.5 Å². The summed E-state index contributed by atoms with van der Waals surface area (Å²) in [5, 5.41) is 10.7. The molecule has 0 unspecified atom stereocenters. The van der Waals surface area contributed by atoms with Crippen LogP contribution in [0.1, 0.15) is 12.8 Å². The molecule has 0 aromatic heterocycles. The molecular weight excluding hydrogens is 266 g/mol. The Labute approximate surface area is 117 Å². The van der Waals surface area contributed by atoms with Gasteiger partial charge in [-0.25, -0.2) is 0 Å². The van der Waals surface area contributed by atoms with Crippen LogP contribution >= 0.6 is 12.6 Å². The van der Waals surface area contributed by atoms with Crippen LogP contribution in [0.15, 0.2) is 24.3 Å². The number of nitrogens with zero attached hydrogens (tertiary/aromatic N) is 1. The number of hydrogen-bond acceptors (Lipinski definition) is 5. The van der Waals surface area contributed by atoms with E-state index >= 15 is 0 Å². The van der Waals surface area contributed by atoms with Crippen LogP contribution in [0.3, 0.4) is 0 Å². The number of nitro benzene ring substituents is 1. The average Bonchev–Trinajstić information content (AvgIpc) is 2.46. The largest absolute Gasteiger partial charge is 0.493 e. The first kappa shape index (κ1) is 14.1. The van der Waals surface area contributed by atoms with Crippen molar-refractivity contribution in [2.24, 2.45) is 5.41 Å². The van der Waals surface area contributed by atoms with Gasteiger partial charge in [-0.1, -0.05) is 6.07 Å². The van der Waals surface area contributed by atoms with Crippen molar-refractivity contribution in [3.8, 4) is 5.75 Å². The van der Waals surface area contributed by atoms with Crippen LogP contribution < -0.4 is 4.74 Å². The fourth-order valence-electron chi connectivity index (χ4n) is 2.08. The van der Waals surface area contributed by atoms with Gasteiger partial charge in [0.25, 0.3) is 5.69 Å². The summed E-state index contributed by atoms with van der Waals surface area (Å²) in [5.74, 6) is 1.26. The number of non-ortho nitro benzene ring substituents is 1. The van der Waals surface area contributed by atoms with Crippen LogP contribution in [0.4, 0.5) is 5.69 Å². The van der Waals surface area contributed by atoms with E-state index < -0.39 is 4.92 Å². The molecule has 0 amide bonds. The van der Waals surface area contributed by atoms with Gasteiger partial charge in [0, 0.05) is 24.7 Å². The Hall–Kier alpha value is -1.27. The van der Waals surface area contributed by atoms with E-state index in [0.29, 0.717) is 12.4 Å². The Kier molecular flexibility index (Phi) is 4.66. The summed E-state index contributed by atoms with van der Waals surface area (Å²) in [6.07, 6.45) is 1.82. The van der Waals surface area contributed by atoms with Gasteiger partial charge in [-0.15, -0.1) is 0 Å². The topological polar surface area (TPSA) is 61.6 Å². The molecule has 1 saturated heterocycles. The van der Waals surface area contributed by atoms with Crippen LogP contribution in [0.2, 0.25) is 0 Å². The van der Waals surface area contributed by atoms with Crippen molar-refractivity contribution in [1.82, 2.24) is 0 Å². The highest BCUT2D eigenvalue weighted by Gasteiger charge is 2.32. The lowest BCUT2D eigenvalue weighted by Crippen LogP contribution is -2.36. The van der Waals surface area contributed by atoms with E-state index in [0.717, 1.165) is 31.8 Å². The molecule has 104 valence electrons. The molecule has 1 aromatic carbocycles. The van der Waals surface area contributed by atoms with Crippen molar-refractivity contribution < 1.29 is 14.4 Å². The quantitative estimate of drug-likeness (QED) is 0.513. The van der Waals surface area contributed by atoms with E-state index in [2.05, 4.69) is 12.6 Å². The van der Waals surface area contributed by atoms with Crippen molar-refractivity contribution in [1.29, 1.82) is 0 Å². The Bertz CT molecular complexity index is 446. The molecule has 1 aliphatic rings. The highest BCUT2D eigenvalue weighted by molar-refractivity contribution is 7.80. The van der Waals surface area contributed by atoms with E-state index in [1.807, 2.05) is 0 Å². The highest BCUT2D eigenvalue weighted by Crippen LogP contribution is 2.33. The zero-order valence-electron chi connectivity index (χ0n) is 10.6. The lowest BCUT2D eigenvalue weighted by molar-refractivity contribution is -0.384. The van der Waals surface area contributed by atoms with Crippen molar-refractivity contribution >= 4 is 18.3 Å². The lowest BCUT2D eigenvalue weighted by Gasteiger charge is -2.35. The molecule has 1 heterocycles. The highest BCUT2D eigenvalue weighted by atomic mass is 32.1. The molecule has 1 fully saturated rings. The number of nitro groups is 1. The lowest BCUT2D eigenvalue weighted by atomic mass is 9.83. The molecule has 0 aliphatic carbocycles. The molecule has 0 saturated carbocycles. The third-order valence-electron chi connectivity index (χ3n) is 3.46. The van der Waals surface area contributed by atoms with Gasteiger partial charge < -0.3 is 9.47 Å². The fourth-order valence-corrected chi connectivity index (χ4v) is 2.48. The van der Waals surface area contributed by atoms with Gasteiger partial charge in [-0.3, -0.25) is 10.1 Å². The first-order valence-corrected chi connectivity index (χ1v) is 6.84. The maximum Gasteiger partial charge on any atom is 0.273 e. The van der Waals surface area contributed by atoms with Crippen LogP contribution in [0.25, 0.3) is 0 Å². The zero-order chi connectivity index (χ0) is 13.7. The molecular formula is C13H17NO4S. The number of ether oxygens (including phenoxy) is 2. The van der Waals surface area contributed by atoms with E-state index in [9.17, 15) is 10.1 Å². The molecule has 5 nitrogen and oxygen atoms in total. The van der Waals surface area contributed by atoms with Crippen LogP contribution in [0.5, 0.6) is 5.75 Å². The smallest absolute Gasteiger partial charge is 0.273 e. The fraction of sp³-hybridized carbons (Fsp3) is 0.538. The Balaban J connectivity index is 2.00. The summed E-state index contributed by atoms with van der Waals surface area (Å²) < 4.78 is 11.1. The third kappa shape index (κ3) is 3.61. The molecule has 2 rings (SSSR count). The minimum atomic E-state index is -0.421. The minimum Gasteiger partial charge on any atom is -0.493 e. The van der Waals surface area contributed by atoms with Gasteiger partial charge in [0.1, 0.15) is 5.75 Å². The first-order valence-electron chi connectivity index (χ1n) is 6.21. The Morgan fingerprint density at radius 3 is 2.79 bits per heavy atom. The van der Waals surface area contributed by atoms with E-state index in [-0.39, 0.29) is 11.1 Å². The summed E-state index contributed by atoms with van der Waals surface area (Å²) in [7, 11) is 0. The number of hydrogen-bond donors (Lipinski definition) is 1. The molecule has 6 heteroatoms. The predicted molar refractivity (Wildman–Crippen MR) is 74.9 cm³/mol. The van der Waals surface area contributed by atoms with Crippen molar-refractivity contribution in [3.63, 3.8) is 0 Å². The number of thiol groups is 1. The number of benzene rings is 1. The summed E-state index contributed by atoms with van der Waals surface area (Å²) in [6.45, 7) is 1.96. The van der Waals surface area contributed by atoms with E-state index in [1.54, 1.807) is 12.1 Å². The minimum absolute atomic E-state index is 0.00593. The summed E-state index contributed by atoms with van der Waals surface area (Å²) in [6, 6.07) is 6.27. The second-order valence-corrected chi connectivity index (χ2v) is 5.13. The average molecular weight is 283 g/mol. The second kappa shape index (κ2) is 6.25. The Morgan fingerprint density at radius 1 is 1.42 bits per heavy atom. The van der Waals surface area contributed by atoms with E-state index in [1.165, 1.54) is 12.1 Å². The summed E-state index contributed by atoms with van der Waals surface area (Å²) in [5.41, 5.74) is 0.0517. The molecule has 0 spiro atoms. The van der Waals surface area contributed by atoms with Gasteiger partial charge in [-0.2, -0.15) is 12.6 Å². The van der Waals surface area contributed by atoms with E-state index in [4.69, 9.17) is 9.47 Å². The molecule has 0 N–H and O–H groups in total. The predicted octanol–water partition coefficient (Wildman–Crippen LogP) is 2.70. The summed E-state index contributed by atoms with van der Waals surface area (Å²) in [4.78, 5) is 10.3. The van der Waals surface area contributed by atoms with Crippen molar-refractivity contribution in [2.45, 2.75) is 12.8 Å². The van der Waals surface area contributed by atoms with Gasteiger partial charge in [0.2, 0.25) is 0 Å². The zero-order valence-corrected chi connectivity index (χ0v) is 11.5. The van der Waals surface area contributed by atoms with Crippen LogP contribution in [-0.2, 0) is 4.74 Å². The third-order valence-corrected chi connectivity index (χ3v) is 4.13. The normalized spacial score (nSPS) is 17.9. The first-order chi connectivity index (χ1) is 9.15. The molecule has 0 bridgehead atoms.